The van der Waals surface area contributed by atoms with Crippen LogP contribution in [-0.2, 0) is 24.5 Å². The highest BCUT2D eigenvalue weighted by atomic mass is 16.6. The first kappa shape index (κ1) is 48.4. The molecule has 0 bridgehead atoms. The summed E-state index contributed by atoms with van der Waals surface area (Å²) in [5, 5.41) is 29.8. The third-order valence-electron chi connectivity index (χ3n) is 14.2. The fourth-order valence-electron chi connectivity index (χ4n) is 10.4. The van der Waals surface area contributed by atoms with Crippen molar-refractivity contribution in [1.29, 1.82) is 0 Å². The average molecular weight is 987 g/mol. The fraction of sp³-hybridized carbons (Fsp3) is 0.134. The van der Waals surface area contributed by atoms with Gasteiger partial charge in [0.15, 0.2) is 0 Å². The lowest BCUT2D eigenvalue weighted by atomic mass is 9.67. The minimum Gasteiger partial charge on any atom is -0.491 e. The van der Waals surface area contributed by atoms with Gasteiger partial charge in [0, 0.05) is 11.1 Å². The lowest BCUT2D eigenvalue weighted by Gasteiger charge is -2.34. The molecule has 0 saturated heterocycles. The zero-order valence-electron chi connectivity index (χ0n) is 41.7. The van der Waals surface area contributed by atoms with Crippen LogP contribution < -0.4 is 9.47 Å². The lowest BCUT2D eigenvalue weighted by Crippen LogP contribution is -2.28. The van der Waals surface area contributed by atoms with Gasteiger partial charge in [0.25, 0.3) is 0 Å². The van der Waals surface area contributed by atoms with Gasteiger partial charge in [-0.25, -0.2) is 9.59 Å². The quantitative estimate of drug-likeness (QED) is 0.0727. The van der Waals surface area contributed by atoms with Gasteiger partial charge in [0.2, 0.25) is 0 Å². The van der Waals surface area contributed by atoms with Gasteiger partial charge in [-0.15, -0.1) is 0 Å². The van der Waals surface area contributed by atoms with E-state index in [-0.39, 0.29) is 37.6 Å². The highest BCUT2D eigenvalue weighted by molar-refractivity contribution is 5.97. The molecule has 370 valence electrons. The van der Waals surface area contributed by atoms with Crippen LogP contribution in [0.2, 0.25) is 0 Å². The molecule has 2 N–H and O–H groups in total. The predicted molar refractivity (Wildman–Crippen MR) is 299 cm³/mol. The van der Waals surface area contributed by atoms with Crippen molar-refractivity contribution in [3.05, 3.63) is 241 Å². The molecular weight excluding hydrogens is 933 g/mol. The Morgan fingerprint density at radius 3 is 1.19 bits per heavy atom. The zero-order chi connectivity index (χ0) is 51.8. The number of carbonyl (C=O) groups excluding carboxylic acids is 2. The van der Waals surface area contributed by atoms with Crippen LogP contribution >= 0.6 is 0 Å². The van der Waals surface area contributed by atoms with Crippen molar-refractivity contribution in [3.8, 4) is 44.9 Å². The summed E-state index contributed by atoms with van der Waals surface area (Å²) in [7, 11) is 0. The number of rotatable bonds is 16. The summed E-state index contributed by atoms with van der Waals surface area (Å²) >= 11 is 0. The lowest BCUT2D eigenvalue weighted by molar-refractivity contribution is -0.143. The van der Waals surface area contributed by atoms with Crippen molar-refractivity contribution in [3.63, 3.8) is 0 Å². The highest BCUT2D eigenvalue weighted by Crippen LogP contribution is 2.58. The molecule has 0 heterocycles. The molecule has 1 aliphatic rings. The molecule has 1 aliphatic carbocycles. The van der Waals surface area contributed by atoms with E-state index in [1.165, 1.54) is 21.5 Å². The largest absolute Gasteiger partial charge is 0.491 e. The maximum atomic E-state index is 11.9. The monoisotopic (exact) mass is 986 g/mol. The second kappa shape index (κ2) is 20.2. The molecule has 8 nitrogen and oxygen atoms in total. The molecular formula is C67H54O8. The SMILES string of the molecule is C=C(C)C(=O)OCC(O)COc1ccc2cc(C3(c4ccc5cc(OCC(O)COC(=O)C(=C)C)ccc5c4)c4ccc(-c5ccc6ccccc6c5)cc4-c4cc(-c5ccc6ccccc6c5)ccc43)ccc2c1. The number of carbonyl (C=O) groups is 2. The van der Waals surface area contributed by atoms with Crippen LogP contribution in [0.3, 0.4) is 0 Å². The number of esters is 2. The summed E-state index contributed by atoms with van der Waals surface area (Å²) in [6, 6.07) is 69.2. The number of ether oxygens (including phenoxy) is 4. The summed E-state index contributed by atoms with van der Waals surface area (Å²) in [6.07, 6.45) is -2.03. The van der Waals surface area contributed by atoms with E-state index < -0.39 is 29.6 Å². The third-order valence-corrected chi connectivity index (χ3v) is 14.2. The number of hydrogen-bond acceptors (Lipinski definition) is 8. The molecule has 0 amide bonds. The van der Waals surface area contributed by atoms with Crippen LogP contribution in [-0.4, -0.2) is 60.8 Å². The first-order valence-electron chi connectivity index (χ1n) is 25.0. The molecule has 10 aromatic rings. The molecule has 2 atom stereocenters. The van der Waals surface area contributed by atoms with E-state index in [0.29, 0.717) is 11.5 Å². The maximum Gasteiger partial charge on any atom is 0.333 e. The molecule has 0 spiro atoms. The first-order valence-corrected chi connectivity index (χ1v) is 25.0. The molecule has 0 radical (unpaired) electrons. The van der Waals surface area contributed by atoms with Crippen molar-refractivity contribution >= 4 is 55.0 Å². The van der Waals surface area contributed by atoms with Gasteiger partial charge in [0.1, 0.15) is 50.1 Å². The first-order chi connectivity index (χ1) is 36.4. The topological polar surface area (TPSA) is 112 Å². The Kier molecular flexibility index (Phi) is 13.1. The van der Waals surface area contributed by atoms with Gasteiger partial charge in [-0.2, -0.15) is 0 Å². The van der Waals surface area contributed by atoms with Crippen LogP contribution in [0, 0.1) is 0 Å². The highest BCUT2D eigenvalue weighted by Gasteiger charge is 2.46. The van der Waals surface area contributed by atoms with Crippen molar-refractivity contribution in [1.82, 2.24) is 0 Å². The Balaban J connectivity index is 1.04. The van der Waals surface area contributed by atoms with Gasteiger partial charge in [0.05, 0.1) is 5.41 Å². The Bertz CT molecular complexity index is 3650. The van der Waals surface area contributed by atoms with Crippen LogP contribution in [0.5, 0.6) is 11.5 Å². The van der Waals surface area contributed by atoms with E-state index in [9.17, 15) is 19.8 Å². The average Bonchev–Trinajstić information content (AvgIpc) is 3.74. The van der Waals surface area contributed by atoms with Crippen molar-refractivity contribution in [2.45, 2.75) is 31.5 Å². The Labute approximate surface area is 435 Å². The van der Waals surface area contributed by atoms with E-state index in [1.54, 1.807) is 13.8 Å². The fourth-order valence-corrected chi connectivity index (χ4v) is 10.4. The molecule has 2 unspecified atom stereocenters. The van der Waals surface area contributed by atoms with E-state index in [0.717, 1.165) is 77.2 Å². The molecule has 0 fully saturated rings. The van der Waals surface area contributed by atoms with E-state index in [4.69, 9.17) is 18.9 Å². The smallest absolute Gasteiger partial charge is 0.333 e. The summed E-state index contributed by atoms with van der Waals surface area (Å²) in [5.74, 6) is 0.0322. The van der Waals surface area contributed by atoms with Crippen molar-refractivity contribution < 1.29 is 38.7 Å². The number of aliphatic hydroxyl groups is 2. The Hall–Kier alpha value is -8.82. The summed E-state index contributed by atoms with van der Waals surface area (Å²) in [5.41, 5.74) is 11.0. The van der Waals surface area contributed by atoms with Gasteiger partial charge in [-0.1, -0.05) is 147 Å². The molecule has 10 aromatic carbocycles. The summed E-state index contributed by atoms with van der Waals surface area (Å²) < 4.78 is 22.3. The summed E-state index contributed by atoms with van der Waals surface area (Å²) in [6.45, 7) is 9.80. The number of fused-ring (bicyclic) bond motifs is 7. The van der Waals surface area contributed by atoms with E-state index in [2.05, 4.69) is 171 Å². The van der Waals surface area contributed by atoms with Crippen LogP contribution in [0.15, 0.2) is 218 Å². The minimum atomic E-state index is -1.02. The second-order valence-electron chi connectivity index (χ2n) is 19.5. The third kappa shape index (κ3) is 9.54. The van der Waals surface area contributed by atoms with Gasteiger partial charge in [-0.05, 0) is 173 Å². The van der Waals surface area contributed by atoms with Crippen molar-refractivity contribution in [2.75, 3.05) is 26.4 Å². The molecule has 11 rings (SSSR count). The zero-order valence-corrected chi connectivity index (χ0v) is 41.7. The Morgan fingerprint density at radius 1 is 0.413 bits per heavy atom. The molecule has 0 saturated carbocycles. The van der Waals surface area contributed by atoms with E-state index >= 15 is 0 Å². The number of benzene rings is 10. The van der Waals surface area contributed by atoms with Gasteiger partial charge in [-0.3, -0.25) is 0 Å². The van der Waals surface area contributed by atoms with E-state index in [1.807, 2.05) is 36.4 Å². The molecule has 0 aromatic heterocycles. The number of hydrogen-bond donors (Lipinski definition) is 2. The van der Waals surface area contributed by atoms with Crippen LogP contribution in [0.25, 0.3) is 76.5 Å². The van der Waals surface area contributed by atoms with Crippen molar-refractivity contribution in [2.24, 2.45) is 0 Å². The molecule has 75 heavy (non-hydrogen) atoms. The summed E-state index contributed by atoms with van der Waals surface area (Å²) in [4.78, 5) is 23.9. The molecule has 8 heteroatoms. The second-order valence-corrected chi connectivity index (χ2v) is 19.5. The van der Waals surface area contributed by atoms with Crippen LogP contribution in [0.1, 0.15) is 36.1 Å². The number of aliphatic hydroxyl groups excluding tert-OH is 2. The van der Waals surface area contributed by atoms with Gasteiger partial charge < -0.3 is 29.2 Å². The van der Waals surface area contributed by atoms with Gasteiger partial charge >= 0.3 is 11.9 Å². The minimum absolute atomic E-state index is 0.0589. The van der Waals surface area contributed by atoms with Crippen LogP contribution in [0.4, 0.5) is 0 Å². The Morgan fingerprint density at radius 2 is 0.760 bits per heavy atom. The molecule has 0 aliphatic heterocycles. The maximum absolute atomic E-state index is 11.9. The standard InChI is InChI=1S/C67H54O8/c1-41(2)65(70)74-39-57(68)37-72-59-25-19-49-31-55(23-17-51(49)33-59)67(56-24-18-52-34-60(26-20-50(52)32-56)73-38-58(69)40-75-66(71)42(3)4)63-27-21-53(47-15-13-43-9-5-7-11-45(43)29-47)35-61(63)62-36-54(22-28-64(62)67)48-16-14-44-10-6-8-12-46(44)30-48/h5-36,57-58,68-69H,1,3,37-40H2,2,4H3. The normalized spacial score (nSPS) is 13.2. The predicted octanol–water partition coefficient (Wildman–Crippen LogP) is 13.7.